The number of thioether (sulfide) groups is 1. The second kappa shape index (κ2) is 5.76. The molecule has 98 valence electrons. The summed E-state index contributed by atoms with van der Waals surface area (Å²) in [6.07, 6.45) is 0. The van der Waals surface area contributed by atoms with Crippen LogP contribution in [0.5, 0.6) is 0 Å². The molecule has 2 nitrogen and oxygen atoms in total. The first-order chi connectivity index (χ1) is 9.33. The molecule has 0 bridgehead atoms. The maximum atomic E-state index is 4.54. The van der Waals surface area contributed by atoms with Crippen LogP contribution in [0.4, 0.5) is 0 Å². The fourth-order valence-electron chi connectivity index (χ4n) is 2.48. The van der Waals surface area contributed by atoms with Crippen molar-refractivity contribution in [3.63, 3.8) is 0 Å². The molecule has 0 spiro atoms. The Morgan fingerprint density at radius 1 is 1.21 bits per heavy atom. The molecule has 1 aromatic carbocycles. The molecule has 0 amide bonds. The molecule has 1 unspecified atom stereocenters. The lowest BCUT2D eigenvalue weighted by molar-refractivity contribution is 0.567. The summed E-state index contributed by atoms with van der Waals surface area (Å²) >= 11 is 2.00. The molecular weight excluding hydrogens is 252 g/mol. The van der Waals surface area contributed by atoms with E-state index in [9.17, 15) is 0 Å². The summed E-state index contributed by atoms with van der Waals surface area (Å²) in [6, 6.07) is 15.4. The van der Waals surface area contributed by atoms with Crippen LogP contribution in [0.2, 0.25) is 0 Å². The van der Waals surface area contributed by atoms with Crippen LogP contribution in [0, 0.1) is 6.92 Å². The van der Waals surface area contributed by atoms with E-state index >= 15 is 0 Å². The van der Waals surface area contributed by atoms with Crippen molar-refractivity contribution in [3.05, 3.63) is 65.0 Å². The molecule has 0 saturated heterocycles. The van der Waals surface area contributed by atoms with Crippen LogP contribution >= 0.6 is 11.8 Å². The van der Waals surface area contributed by atoms with Crippen LogP contribution in [-0.4, -0.2) is 10.7 Å². The van der Waals surface area contributed by atoms with E-state index in [2.05, 4.69) is 46.7 Å². The number of hydrogen-bond acceptors (Lipinski definition) is 3. The van der Waals surface area contributed by atoms with Crippen LogP contribution < -0.4 is 5.32 Å². The van der Waals surface area contributed by atoms with Crippen LogP contribution in [0.3, 0.4) is 0 Å². The van der Waals surface area contributed by atoms with Gasteiger partial charge in [-0.2, -0.15) is 11.8 Å². The molecule has 1 aliphatic rings. The third-order valence-electron chi connectivity index (χ3n) is 3.45. The molecule has 0 saturated carbocycles. The maximum absolute atomic E-state index is 4.54. The predicted molar refractivity (Wildman–Crippen MR) is 81.2 cm³/mol. The molecule has 1 N–H and O–H groups in total. The van der Waals surface area contributed by atoms with Crippen LogP contribution in [0.15, 0.2) is 42.5 Å². The average molecular weight is 270 g/mol. The third-order valence-corrected chi connectivity index (χ3v) is 4.53. The quantitative estimate of drug-likeness (QED) is 0.924. The number of fused-ring (bicyclic) bond motifs is 1. The van der Waals surface area contributed by atoms with Gasteiger partial charge < -0.3 is 5.32 Å². The minimum Gasteiger partial charge on any atom is -0.304 e. The normalized spacial score (nSPS) is 18.1. The van der Waals surface area contributed by atoms with Crippen molar-refractivity contribution in [2.24, 2.45) is 0 Å². The number of hydrogen-bond donors (Lipinski definition) is 1. The van der Waals surface area contributed by atoms with Gasteiger partial charge in [-0.25, -0.2) is 0 Å². The smallest absolute Gasteiger partial charge is 0.0545 e. The van der Waals surface area contributed by atoms with E-state index < -0.39 is 0 Å². The van der Waals surface area contributed by atoms with Crippen molar-refractivity contribution in [1.29, 1.82) is 0 Å². The van der Waals surface area contributed by atoms with Gasteiger partial charge in [0.2, 0.25) is 0 Å². The number of aromatic nitrogens is 1. The van der Waals surface area contributed by atoms with Gasteiger partial charge >= 0.3 is 0 Å². The van der Waals surface area contributed by atoms with Crippen molar-refractivity contribution in [2.75, 3.05) is 5.75 Å². The van der Waals surface area contributed by atoms with E-state index in [1.165, 1.54) is 11.1 Å². The minimum absolute atomic E-state index is 0.442. The van der Waals surface area contributed by atoms with Gasteiger partial charge in [0.1, 0.15) is 0 Å². The summed E-state index contributed by atoms with van der Waals surface area (Å²) in [5, 5.41) is 3.64. The summed E-state index contributed by atoms with van der Waals surface area (Å²) in [6.45, 7) is 2.87. The maximum Gasteiger partial charge on any atom is 0.0545 e. The standard InChI is InChI=1S/C16H18N2S/c1-12-5-4-7-14(18-12)9-17-16-11-19-10-13-6-2-3-8-15(13)16/h2-8,16-17H,9-11H2,1H3. The topological polar surface area (TPSA) is 24.9 Å². The van der Waals surface area contributed by atoms with Gasteiger partial charge in [0.05, 0.1) is 5.69 Å². The Kier molecular flexibility index (Phi) is 3.85. The van der Waals surface area contributed by atoms with Gasteiger partial charge in [-0.05, 0) is 30.2 Å². The van der Waals surface area contributed by atoms with E-state index in [0.29, 0.717) is 6.04 Å². The Hall–Kier alpha value is -1.32. The lowest BCUT2D eigenvalue weighted by Crippen LogP contribution is -2.26. The first-order valence-electron chi connectivity index (χ1n) is 6.64. The number of pyridine rings is 1. The predicted octanol–water partition coefficient (Wildman–Crippen LogP) is 3.47. The third kappa shape index (κ3) is 2.99. The Labute approximate surface area is 118 Å². The van der Waals surface area contributed by atoms with Crippen molar-refractivity contribution in [3.8, 4) is 0 Å². The highest BCUT2D eigenvalue weighted by atomic mass is 32.2. The van der Waals surface area contributed by atoms with Crippen molar-refractivity contribution >= 4 is 11.8 Å². The summed E-state index contributed by atoms with van der Waals surface area (Å²) in [4.78, 5) is 4.54. The fraction of sp³-hybridized carbons (Fsp3) is 0.312. The van der Waals surface area contributed by atoms with E-state index in [1.807, 2.05) is 24.8 Å². The van der Waals surface area contributed by atoms with Crippen molar-refractivity contribution in [1.82, 2.24) is 10.3 Å². The molecule has 0 fully saturated rings. The second-order valence-electron chi connectivity index (χ2n) is 4.92. The van der Waals surface area contributed by atoms with Crippen LogP contribution in [0.25, 0.3) is 0 Å². The van der Waals surface area contributed by atoms with Gasteiger partial charge in [0, 0.05) is 29.8 Å². The highest BCUT2D eigenvalue weighted by Crippen LogP contribution is 2.31. The summed E-state index contributed by atoms with van der Waals surface area (Å²) in [5.74, 6) is 2.28. The summed E-state index contributed by atoms with van der Waals surface area (Å²) < 4.78 is 0. The highest BCUT2D eigenvalue weighted by molar-refractivity contribution is 7.98. The SMILES string of the molecule is Cc1cccc(CNC2CSCc3ccccc32)n1. The Balaban J connectivity index is 1.71. The van der Waals surface area contributed by atoms with Crippen LogP contribution in [0.1, 0.15) is 28.6 Å². The number of benzene rings is 1. The number of nitrogens with zero attached hydrogens (tertiary/aromatic N) is 1. The summed E-state index contributed by atoms with van der Waals surface area (Å²) in [7, 11) is 0. The number of aryl methyl sites for hydroxylation is 1. The zero-order valence-corrected chi connectivity index (χ0v) is 11.9. The average Bonchev–Trinajstić information content (AvgIpc) is 2.45. The minimum atomic E-state index is 0.442. The second-order valence-corrected chi connectivity index (χ2v) is 5.95. The lowest BCUT2D eigenvalue weighted by atomic mass is 10.0. The molecule has 3 heteroatoms. The molecule has 0 radical (unpaired) electrons. The zero-order chi connectivity index (χ0) is 13.1. The van der Waals surface area contributed by atoms with E-state index in [-0.39, 0.29) is 0 Å². The van der Waals surface area contributed by atoms with Crippen LogP contribution in [-0.2, 0) is 12.3 Å². The van der Waals surface area contributed by atoms with Crippen molar-refractivity contribution in [2.45, 2.75) is 25.3 Å². The highest BCUT2D eigenvalue weighted by Gasteiger charge is 2.19. The van der Waals surface area contributed by atoms with E-state index in [0.717, 1.165) is 29.4 Å². The number of nitrogens with one attached hydrogen (secondary N) is 1. The molecule has 1 atom stereocenters. The Morgan fingerprint density at radius 3 is 3.00 bits per heavy atom. The monoisotopic (exact) mass is 270 g/mol. The first kappa shape index (κ1) is 12.7. The molecule has 2 heterocycles. The molecule has 2 aromatic rings. The summed E-state index contributed by atoms with van der Waals surface area (Å²) in [5.41, 5.74) is 5.12. The largest absolute Gasteiger partial charge is 0.304 e. The molecule has 1 aliphatic heterocycles. The first-order valence-corrected chi connectivity index (χ1v) is 7.80. The molecule has 19 heavy (non-hydrogen) atoms. The van der Waals surface area contributed by atoms with Gasteiger partial charge in [0.15, 0.2) is 0 Å². The van der Waals surface area contributed by atoms with Crippen molar-refractivity contribution < 1.29 is 0 Å². The van der Waals surface area contributed by atoms with E-state index in [4.69, 9.17) is 0 Å². The van der Waals surface area contributed by atoms with Gasteiger partial charge in [-0.1, -0.05) is 30.3 Å². The fourth-order valence-corrected chi connectivity index (χ4v) is 3.61. The van der Waals surface area contributed by atoms with Gasteiger partial charge in [0.25, 0.3) is 0 Å². The molecule has 3 rings (SSSR count). The molecule has 1 aromatic heterocycles. The van der Waals surface area contributed by atoms with E-state index in [1.54, 1.807) is 0 Å². The van der Waals surface area contributed by atoms with Gasteiger partial charge in [-0.15, -0.1) is 0 Å². The Morgan fingerprint density at radius 2 is 2.11 bits per heavy atom. The molecular formula is C16H18N2S. The number of rotatable bonds is 3. The zero-order valence-electron chi connectivity index (χ0n) is 11.1. The van der Waals surface area contributed by atoms with Gasteiger partial charge in [-0.3, -0.25) is 4.98 Å². The molecule has 0 aliphatic carbocycles. The Bertz CT molecular complexity index is 568. The lowest BCUT2D eigenvalue weighted by Gasteiger charge is -2.26.